The molecule has 0 radical (unpaired) electrons. The molecule has 0 aliphatic carbocycles. The van der Waals surface area contributed by atoms with Crippen LogP contribution in [0.1, 0.15) is 17.4 Å². The van der Waals surface area contributed by atoms with Crippen LogP contribution in [0.4, 0.5) is 4.39 Å². The van der Waals surface area contributed by atoms with E-state index < -0.39 is 5.82 Å². The Morgan fingerprint density at radius 1 is 1.14 bits per heavy atom. The lowest BCUT2D eigenvalue weighted by Crippen LogP contribution is -2.21. The maximum Gasteiger partial charge on any atom is 0.278 e. The predicted molar refractivity (Wildman–Crippen MR) is 101 cm³/mol. The summed E-state index contributed by atoms with van der Waals surface area (Å²) >= 11 is 0. The van der Waals surface area contributed by atoms with Gasteiger partial charge in [-0.3, -0.25) is 4.68 Å². The summed E-state index contributed by atoms with van der Waals surface area (Å²) in [6.07, 6.45) is -0.113. The summed E-state index contributed by atoms with van der Waals surface area (Å²) in [7, 11) is 1.64. The van der Waals surface area contributed by atoms with Crippen molar-refractivity contribution < 1.29 is 18.4 Å². The molecule has 0 bridgehead atoms. The summed E-state index contributed by atoms with van der Waals surface area (Å²) in [5.41, 5.74) is 2.78. The van der Waals surface area contributed by atoms with Gasteiger partial charge in [0.2, 0.25) is 5.82 Å². The number of benzene rings is 2. The van der Waals surface area contributed by atoms with E-state index in [4.69, 9.17) is 14.0 Å². The van der Waals surface area contributed by atoms with Gasteiger partial charge < -0.3 is 14.0 Å². The van der Waals surface area contributed by atoms with Crippen LogP contribution in [0.15, 0.2) is 59.1 Å². The van der Waals surface area contributed by atoms with Crippen LogP contribution in [0.2, 0.25) is 0 Å². The minimum absolute atomic E-state index is 0.113. The highest BCUT2D eigenvalue weighted by Crippen LogP contribution is 2.30. The zero-order chi connectivity index (χ0) is 19.8. The fraction of sp³-hybridized carbons (Fsp3) is 0.190. The van der Waals surface area contributed by atoms with Gasteiger partial charge in [-0.15, -0.1) is 0 Å². The Kier molecular flexibility index (Phi) is 4.33. The standard InChI is InChI=1S/C21H17FN4O3/c1-27-15-8-6-13(7-9-15)19-11-26-14(12-28-19)10-18(24-26)21-23-20(25-29-21)16-4-2-3-5-17(16)22/h2-10,19H,11-12H2,1H3/t19-/m1/s1. The van der Waals surface area contributed by atoms with Crippen molar-refractivity contribution in [2.24, 2.45) is 0 Å². The van der Waals surface area contributed by atoms with Gasteiger partial charge in [0, 0.05) is 0 Å². The third-order valence-corrected chi connectivity index (χ3v) is 4.88. The second-order valence-corrected chi connectivity index (χ2v) is 6.68. The van der Waals surface area contributed by atoms with Crippen LogP contribution in [-0.2, 0) is 17.9 Å². The highest BCUT2D eigenvalue weighted by atomic mass is 19.1. The summed E-state index contributed by atoms with van der Waals surface area (Å²) in [5, 5.41) is 8.47. The largest absolute Gasteiger partial charge is 0.497 e. The first-order valence-electron chi connectivity index (χ1n) is 9.12. The van der Waals surface area contributed by atoms with E-state index in [2.05, 4.69) is 15.2 Å². The molecule has 2 aromatic heterocycles. The molecule has 0 unspecified atom stereocenters. The van der Waals surface area contributed by atoms with Crippen LogP contribution in [0.3, 0.4) is 0 Å². The van der Waals surface area contributed by atoms with E-state index in [9.17, 15) is 4.39 Å². The fourth-order valence-corrected chi connectivity index (χ4v) is 3.33. The van der Waals surface area contributed by atoms with Crippen molar-refractivity contribution in [3.05, 3.63) is 71.7 Å². The molecular weight excluding hydrogens is 375 g/mol. The summed E-state index contributed by atoms with van der Waals surface area (Å²) in [4.78, 5) is 4.30. The first-order chi connectivity index (χ1) is 14.2. The maximum atomic E-state index is 14.0. The normalized spacial score (nSPS) is 15.9. The number of ether oxygens (including phenoxy) is 2. The van der Waals surface area contributed by atoms with E-state index in [-0.39, 0.29) is 23.4 Å². The molecule has 5 rings (SSSR count). The van der Waals surface area contributed by atoms with Gasteiger partial charge in [0.25, 0.3) is 5.89 Å². The molecule has 0 N–H and O–H groups in total. The zero-order valence-electron chi connectivity index (χ0n) is 15.6. The van der Waals surface area contributed by atoms with E-state index in [1.54, 1.807) is 25.3 Å². The number of methoxy groups -OCH3 is 1. The highest BCUT2D eigenvalue weighted by molar-refractivity contribution is 5.58. The van der Waals surface area contributed by atoms with E-state index in [1.165, 1.54) is 6.07 Å². The van der Waals surface area contributed by atoms with Crippen LogP contribution in [-0.4, -0.2) is 27.0 Å². The van der Waals surface area contributed by atoms with Crippen LogP contribution in [0, 0.1) is 5.82 Å². The van der Waals surface area contributed by atoms with Crippen LogP contribution in [0.25, 0.3) is 23.0 Å². The molecule has 0 amide bonds. The molecule has 1 aliphatic rings. The van der Waals surface area contributed by atoms with E-state index >= 15 is 0 Å². The highest BCUT2D eigenvalue weighted by Gasteiger charge is 2.24. The fourth-order valence-electron chi connectivity index (χ4n) is 3.33. The molecule has 1 atom stereocenters. The molecule has 7 nitrogen and oxygen atoms in total. The molecule has 0 saturated carbocycles. The number of hydrogen-bond acceptors (Lipinski definition) is 6. The summed E-state index contributed by atoms with van der Waals surface area (Å²) in [6, 6.07) is 15.9. The van der Waals surface area contributed by atoms with E-state index in [1.807, 2.05) is 35.0 Å². The molecule has 4 aromatic rings. The van der Waals surface area contributed by atoms with Gasteiger partial charge in [-0.25, -0.2) is 4.39 Å². The number of halogens is 1. The lowest BCUT2D eigenvalue weighted by atomic mass is 10.1. The molecular formula is C21H17FN4O3. The third kappa shape index (κ3) is 3.27. The minimum Gasteiger partial charge on any atom is -0.497 e. The maximum absolute atomic E-state index is 14.0. The Morgan fingerprint density at radius 3 is 2.76 bits per heavy atom. The molecule has 0 spiro atoms. The smallest absolute Gasteiger partial charge is 0.278 e. The molecule has 8 heteroatoms. The van der Waals surface area contributed by atoms with Gasteiger partial charge in [0.05, 0.1) is 31.5 Å². The van der Waals surface area contributed by atoms with Gasteiger partial charge in [-0.1, -0.05) is 29.4 Å². The Hall–Kier alpha value is -3.52. The number of rotatable bonds is 4. The first-order valence-corrected chi connectivity index (χ1v) is 9.12. The second-order valence-electron chi connectivity index (χ2n) is 6.68. The van der Waals surface area contributed by atoms with E-state index in [0.29, 0.717) is 18.8 Å². The molecule has 146 valence electrons. The van der Waals surface area contributed by atoms with Crippen LogP contribution < -0.4 is 4.74 Å². The van der Waals surface area contributed by atoms with Crippen LogP contribution >= 0.6 is 0 Å². The first kappa shape index (κ1) is 17.6. The lowest BCUT2D eigenvalue weighted by Gasteiger charge is -2.24. The lowest BCUT2D eigenvalue weighted by molar-refractivity contribution is -0.00115. The number of aromatic nitrogens is 4. The van der Waals surface area contributed by atoms with Crippen molar-refractivity contribution in [1.82, 2.24) is 19.9 Å². The van der Waals surface area contributed by atoms with Gasteiger partial charge >= 0.3 is 0 Å². The van der Waals surface area contributed by atoms with E-state index in [0.717, 1.165) is 17.0 Å². The Morgan fingerprint density at radius 2 is 1.97 bits per heavy atom. The van der Waals surface area contributed by atoms with Crippen molar-refractivity contribution in [2.75, 3.05) is 7.11 Å². The number of hydrogen-bond donors (Lipinski definition) is 0. The van der Waals surface area contributed by atoms with Gasteiger partial charge in [0.1, 0.15) is 17.7 Å². The average Bonchev–Trinajstić information content (AvgIpc) is 3.40. The Bertz CT molecular complexity index is 1150. The van der Waals surface area contributed by atoms with Gasteiger partial charge in [-0.05, 0) is 35.9 Å². The second kappa shape index (κ2) is 7.14. The minimum atomic E-state index is -0.403. The zero-order valence-corrected chi connectivity index (χ0v) is 15.6. The molecule has 2 aromatic carbocycles. The van der Waals surface area contributed by atoms with Gasteiger partial charge in [0.15, 0.2) is 5.69 Å². The Balaban J connectivity index is 1.39. The number of nitrogens with zero attached hydrogens (tertiary/aromatic N) is 4. The van der Waals surface area contributed by atoms with Crippen molar-refractivity contribution in [2.45, 2.75) is 19.3 Å². The van der Waals surface area contributed by atoms with Gasteiger partial charge in [-0.2, -0.15) is 10.1 Å². The SMILES string of the molecule is COc1ccc([C@H]2Cn3nc(-c4nc(-c5ccccc5F)no4)cc3CO2)cc1. The molecule has 0 saturated heterocycles. The summed E-state index contributed by atoms with van der Waals surface area (Å²) < 4.78 is 32.3. The quantitative estimate of drug-likeness (QED) is 0.522. The molecule has 0 fully saturated rings. The summed E-state index contributed by atoms with van der Waals surface area (Å²) in [6.45, 7) is 0.980. The molecule has 3 heterocycles. The predicted octanol–water partition coefficient (Wildman–Crippen LogP) is 4.02. The third-order valence-electron chi connectivity index (χ3n) is 4.88. The monoisotopic (exact) mass is 392 g/mol. The van der Waals surface area contributed by atoms with Crippen molar-refractivity contribution in [3.8, 4) is 28.7 Å². The Labute approximate surface area is 165 Å². The molecule has 29 heavy (non-hydrogen) atoms. The summed E-state index contributed by atoms with van der Waals surface area (Å²) in [5.74, 6) is 0.830. The number of fused-ring (bicyclic) bond motifs is 1. The van der Waals surface area contributed by atoms with Crippen molar-refractivity contribution in [3.63, 3.8) is 0 Å². The van der Waals surface area contributed by atoms with Crippen molar-refractivity contribution in [1.29, 1.82) is 0 Å². The topological polar surface area (TPSA) is 75.2 Å². The average molecular weight is 392 g/mol. The molecule has 1 aliphatic heterocycles. The van der Waals surface area contributed by atoms with Crippen LogP contribution in [0.5, 0.6) is 5.75 Å². The van der Waals surface area contributed by atoms with Crippen molar-refractivity contribution >= 4 is 0 Å².